The van der Waals surface area contributed by atoms with Crippen LogP contribution in [-0.4, -0.2) is 43.3 Å². The van der Waals surface area contributed by atoms with E-state index < -0.39 is 11.7 Å². The summed E-state index contributed by atoms with van der Waals surface area (Å²) < 4.78 is 16.1. The van der Waals surface area contributed by atoms with Crippen molar-refractivity contribution in [2.24, 2.45) is 0 Å². The molecular formula is C23H27N3O6. The minimum absolute atomic E-state index is 0.178. The van der Waals surface area contributed by atoms with Gasteiger partial charge >= 0.3 is 6.09 Å². The van der Waals surface area contributed by atoms with Gasteiger partial charge in [0.1, 0.15) is 23.6 Å². The number of amides is 3. The van der Waals surface area contributed by atoms with Crippen molar-refractivity contribution in [1.29, 1.82) is 0 Å². The average Bonchev–Trinajstić information content (AvgIpc) is 2.70. The maximum Gasteiger partial charge on any atom is 0.412 e. The van der Waals surface area contributed by atoms with E-state index in [0.29, 0.717) is 35.2 Å². The largest absolute Gasteiger partial charge is 0.494 e. The zero-order valence-corrected chi connectivity index (χ0v) is 18.6. The van der Waals surface area contributed by atoms with Crippen molar-refractivity contribution in [3.05, 3.63) is 42.5 Å². The molecule has 9 nitrogen and oxygen atoms in total. The van der Waals surface area contributed by atoms with Gasteiger partial charge in [0.25, 0.3) is 5.91 Å². The van der Waals surface area contributed by atoms with Crippen LogP contribution in [0.2, 0.25) is 0 Å². The van der Waals surface area contributed by atoms with E-state index in [1.165, 1.54) is 4.90 Å². The second kappa shape index (κ2) is 9.59. The van der Waals surface area contributed by atoms with Crippen LogP contribution in [0.1, 0.15) is 27.7 Å². The summed E-state index contributed by atoms with van der Waals surface area (Å²) in [6.45, 7) is 7.33. The van der Waals surface area contributed by atoms with E-state index in [9.17, 15) is 14.4 Å². The van der Waals surface area contributed by atoms with Gasteiger partial charge in [0.15, 0.2) is 6.61 Å². The molecule has 0 bridgehead atoms. The second-order valence-corrected chi connectivity index (χ2v) is 8.08. The highest BCUT2D eigenvalue weighted by molar-refractivity contribution is 6.05. The Balaban J connectivity index is 1.71. The van der Waals surface area contributed by atoms with Crippen molar-refractivity contribution in [1.82, 2.24) is 0 Å². The Morgan fingerprint density at radius 2 is 1.75 bits per heavy atom. The summed E-state index contributed by atoms with van der Waals surface area (Å²) in [5.41, 5.74) is 0.729. The van der Waals surface area contributed by atoms with Crippen LogP contribution >= 0.6 is 0 Å². The molecule has 1 aliphatic rings. The predicted molar refractivity (Wildman–Crippen MR) is 120 cm³/mol. The van der Waals surface area contributed by atoms with E-state index in [1.54, 1.807) is 63.2 Å². The molecule has 2 aromatic rings. The van der Waals surface area contributed by atoms with E-state index in [-0.39, 0.29) is 25.0 Å². The quantitative estimate of drug-likeness (QED) is 0.706. The van der Waals surface area contributed by atoms with Crippen LogP contribution in [0, 0.1) is 0 Å². The number of fused-ring (bicyclic) bond motifs is 1. The molecule has 0 aromatic heterocycles. The SMILES string of the molecule is CCOc1ccc(NC(=O)CN2C(=O)COc3ccc(NC(=O)OC(C)(C)C)cc32)cc1. The van der Waals surface area contributed by atoms with Crippen LogP contribution in [-0.2, 0) is 14.3 Å². The molecule has 170 valence electrons. The Morgan fingerprint density at radius 1 is 1.06 bits per heavy atom. The van der Waals surface area contributed by atoms with Crippen molar-refractivity contribution >= 4 is 35.0 Å². The minimum atomic E-state index is -0.650. The van der Waals surface area contributed by atoms with Crippen molar-refractivity contribution in [2.75, 3.05) is 35.3 Å². The zero-order valence-electron chi connectivity index (χ0n) is 18.6. The second-order valence-electron chi connectivity index (χ2n) is 8.08. The Hall–Kier alpha value is -3.75. The Morgan fingerprint density at radius 3 is 2.41 bits per heavy atom. The molecule has 0 radical (unpaired) electrons. The first kappa shape index (κ1) is 22.9. The molecule has 0 spiro atoms. The van der Waals surface area contributed by atoms with Gasteiger partial charge in [-0.3, -0.25) is 19.8 Å². The molecule has 2 aromatic carbocycles. The predicted octanol–water partition coefficient (Wildman–Crippen LogP) is 3.80. The number of hydrogen-bond acceptors (Lipinski definition) is 6. The highest BCUT2D eigenvalue weighted by atomic mass is 16.6. The van der Waals surface area contributed by atoms with Crippen molar-refractivity contribution in [3.8, 4) is 11.5 Å². The monoisotopic (exact) mass is 441 g/mol. The Labute approximate surface area is 186 Å². The van der Waals surface area contributed by atoms with Gasteiger partial charge in [0.2, 0.25) is 5.91 Å². The van der Waals surface area contributed by atoms with Crippen LogP contribution in [0.5, 0.6) is 11.5 Å². The maximum atomic E-state index is 12.6. The fraction of sp³-hybridized carbons (Fsp3) is 0.348. The summed E-state index contributed by atoms with van der Waals surface area (Å²) in [4.78, 5) is 38.5. The van der Waals surface area contributed by atoms with Gasteiger partial charge in [-0.05, 0) is 70.2 Å². The lowest BCUT2D eigenvalue weighted by Crippen LogP contribution is -2.43. The van der Waals surface area contributed by atoms with Crippen molar-refractivity contribution < 1.29 is 28.6 Å². The third-order valence-corrected chi connectivity index (χ3v) is 4.30. The molecule has 0 aliphatic carbocycles. The molecule has 0 unspecified atom stereocenters. The highest BCUT2D eigenvalue weighted by Crippen LogP contribution is 2.34. The normalized spacial score (nSPS) is 13.0. The number of carbonyl (C=O) groups is 3. The van der Waals surface area contributed by atoms with Crippen LogP contribution in [0.3, 0.4) is 0 Å². The van der Waals surface area contributed by atoms with Gasteiger partial charge < -0.3 is 19.5 Å². The van der Waals surface area contributed by atoms with Crippen molar-refractivity contribution in [3.63, 3.8) is 0 Å². The van der Waals surface area contributed by atoms with E-state index in [1.807, 2.05) is 6.92 Å². The Bertz CT molecular complexity index is 998. The number of benzene rings is 2. The minimum Gasteiger partial charge on any atom is -0.494 e. The number of ether oxygens (including phenoxy) is 3. The summed E-state index contributed by atoms with van der Waals surface area (Å²) in [6.07, 6.45) is -0.625. The van der Waals surface area contributed by atoms with Crippen LogP contribution in [0.15, 0.2) is 42.5 Å². The number of carbonyl (C=O) groups excluding carboxylic acids is 3. The molecule has 1 aliphatic heterocycles. The summed E-state index contributed by atoms with van der Waals surface area (Å²) in [6, 6.07) is 11.8. The average molecular weight is 441 g/mol. The number of rotatable bonds is 6. The van der Waals surface area contributed by atoms with Gasteiger partial charge in [-0.25, -0.2) is 4.79 Å². The summed E-state index contributed by atoms with van der Waals surface area (Å²) in [5, 5.41) is 5.39. The molecule has 3 rings (SSSR count). The molecule has 3 amide bonds. The number of hydrogen-bond donors (Lipinski definition) is 2. The molecule has 32 heavy (non-hydrogen) atoms. The third kappa shape index (κ3) is 6.13. The summed E-state index contributed by atoms with van der Waals surface area (Å²) >= 11 is 0. The van der Waals surface area contributed by atoms with Crippen LogP contribution in [0.4, 0.5) is 21.9 Å². The van der Waals surface area contributed by atoms with Gasteiger partial charge in [0.05, 0.1) is 12.3 Å². The molecule has 0 atom stereocenters. The topological polar surface area (TPSA) is 106 Å². The van der Waals surface area contributed by atoms with Gasteiger partial charge in [-0.15, -0.1) is 0 Å². The lowest BCUT2D eigenvalue weighted by atomic mass is 10.2. The van der Waals surface area contributed by atoms with Gasteiger partial charge in [-0.2, -0.15) is 0 Å². The first-order valence-corrected chi connectivity index (χ1v) is 10.2. The lowest BCUT2D eigenvalue weighted by molar-refractivity contribution is -0.123. The third-order valence-electron chi connectivity index (χ3n) is 4.30. The molecular weight excluding hydrogens is 414 g/mol. The lowest BCUT2D eigenvalue weighted by Gasteiger charge is -2.29. The van der Waals surface area contributed by atoms with E-state index in [4.69, 9.17) is 14.2 Å². The fourth-order valence-corrected chi connectivity index (χ4v) is 3.02. The standard InChI is InChI=1S/C23H27N3O6/c1-5-30-17-9-6-15(7-10-17)24-20(27)13-26-18-12-16(25-22(29)32-23(2,3)4)8-11-19(18)31-14-21(26)28/h6-12H,5,13-14H2,1-4H3,(H,24,27)(H,25,29). The van der Waals surface area contributed by atoms with Crippen LogP contribution < -0.4 is 25.0 Å². The molecule has 0 saturated carbocycles. The van der Waals surface area contributed by atoms with Crippen molar-refractivity contribution in [2.45, 2.75) is 33.3 Å². The fourth-order valence-electron chi connectivity index (χ4n) is 3.02. The Kier molecular flexibility index (Phi) is 6.87. The molecule has 2 N–H and O–H groups in total. The highest BCUT2D eigenvalue weighted by Gasteiger charge is 2.28. The smallest absolute Gasteiger partial charge is 0.412 e. The number of anilines is 3. The first-order valence-electron chi connectivity index (χ1n) is 10.2. The summed E-state index contributed by atoms with van der Waals surface area (Å²) in [5.74, 6) is 0.399. The number of nitrogens with zero attached hydrogens (tertiary/aromatic N) is 1. The number of nitrogens with one attached hydrogen (secondary N) is 2. The molecule has 9 heteroatoms. The molecule has 1 heterocycles. The first-order chi connectivity index (χ1) is 15.1. The summed E-state index contributed by atoms with van der Waals surface area (Å²) in [7, 11) is 0. The molecule has 0 fully saturated rings. The molecule has 0 saturated heterocycles. The van der Waals surface area contributed by atoms with Gasteiger partial charge in [-0.1, -0.05) is 0 Å². The maximum absolute atomic E-state index is 12.6. The zero-order chi connectivity index (χ0) is 23.3. The van der Waals surface area contributed by atoms with Gasteiger partial charge in [0, 0.05) is 11.4 Å². The van der Waals surface area contributed by atoms with E-state index in [2.05, 4.69) is 10.6 Å². The van der Waals surface area contributed by atoms with Crippen LogP contribution in [0.25, 0.3) is 0 Å². The van der Waals surface area contributed by atoms with E-state index >= 15 is 0 Å². The van der Waals surface area contributed by atoms with E-state index in [0.717, 1.165) is 0 Å².